The van der Waals surface area contributed by atoms with Gasteiger partial charge < -0.3 is 4.57 Å². The van der Waals surface area contributed by atoms with Crippen molar-refractivity contribution in [1.82, 2.24) is 9.55 Å². The molecule has 2 aromatic rings. The number of hydrogen-bond donors (Lipinski definition) is 0. The van der Waals surface area contributed by atoms with Gasteiger partial charge in [-0.1, -0.05) is 24.3 Å². The lowest BCUT2D eigenvalue weighted by atomic mass is 10.2. The standard InChI is InChI=1S/C15H16N2S/c1(10-17-11-9-16-12-17)2-13-3-5-14(6-4-13)18-15-7-8-15/h1-6,9,11-12,15H,7-8,10H2. The van der Waals surface area contributed by atoms with E-state index in [4.69, 9.17) is 0 Å². The van der Waals surface area contributed by atoms with Crippen molar-refractivity contribution >= 4 is 17.8 Å². The van der Waals surface area contributed by atoms with Crippen LogP contribution in [0, 0.1) is 0 Å². The van der Waals surface area contributed by atoms with Gasteiger partial charge in [0.2, 0.25) is 0 Å². The molecular formula is C15H16N2S. The third-order valence-corrected chi connectivity index (χ3v) is 4.24. The number of rotatable bonds is 5. The lowest BCUT2D eigenvalue weighted by Crippen LogP contribution is -1.89. The maximum atomic E-state index is 4.02. The Morgan fingerprint density at radius 2 is 2.11 bits per heavy atom. The molecule has 0 amide bonds. The van der Waals surface area contributed by atoms with Gasteiger partial charge >= 0.3 is 0 Å². The summed E-state index contributed by atoms with van der Waals surface area (Å²) in [5.74, 6) is 0. The zero-order valence-corrected chi connectivity index (χ0v) is 11.0. The van der Waals surface area contributed by atoms with Crippen LogP contribution in [-0.4, -0.2) is 14.8 Å². The summed E-state index contributed by atoms with van der Waals surface area (Å²) in [6.07, 6.45) is 12.7. The van der Waals surface area contributed by atoms with Crippen LogP contribution in [0.25, 0.3) is 6.08 Å². The molecule has 1 fully saturated rings. The number of benzene rings is 1. The average molecular weight is 256 g/mol. The monoisotopic (exact) mass is 256 g/mol. The second kappa shape index (κ2) is 5.44. The highest BCUT2D eigenvalue weighted by Crippen LogP contribution is 2.38. The first kappa shape index (κ1) is 11.6. The van der Waals surface area contributed by atoms with Crippen LogP contribution < -0.4 is 0 Å². The lowest BCUT2D eigenvalue weighted by molar-refractivity contribution is 0.823. The van der Waals surface area contributed by atoms with Crippen LogP contribution in [0.2, 0.25) is 0 Å². The molecule has 92 valence electrons. The van der Waals surface area contributed by atoms with Gasteiger partial charge in [-0.3, -0.25) is 0 Å². The highest BCUT2D eigenvalue weighted by Gasteiger charge is 2.22. The van der Waals surface area contributed by atoms with E-state index in [0.717, 1.165) is 11.8 Å². The first-order chi connectivity index (χ1) is 8.90. The molecule has 1 aromatic carbocycles. The summed E-state index contributed by atoms with van der Waals surface area (Å²) in [5.41, 5.74) is 1.26. The number of imidazole rings is 1. The first-order valence-corrected chi connectivity index (χ1v) is 7.17. The molecule has 0 radical (unpaired) electrons. The van der Waals surface area contributed by atoms with Gasteiger partial charge in [-0.2, -0.15) is 0 Å². The quantitative estimate of drug-likeness (QED) is 0.808. The minimum Gasteiger partial charge on any atom is -0.334 e. The molecule has 1 saturated carbocycles. The highest BCUT2D eigenvalue weighted by atomic mass is 32.2. The molecule has 0 saturated heterocycles. The molecule has 3 heteroatoms. The topological polar surface area (TPSA) is 17.8 Å². The molecule has 0 spiro atoms. The molecule has 1 aliphatic carbocycles. The Kier molecular flexibility index (Phi) is 3.51. The number of nitrogens with zero attached hydrogens (tertiary/aromatic N) is 2. The van der Waals surface area contributed by atoms with E-state index in [0.29, 0.717) is 0 Å². The third-order valence-electron chi connectivity index (χ3n) is 2.89. The fraction of sp³-hybridized carbons (Fsp3) is 0.267. The largest absolute Gasteiger partial charge is 0.334 e. The normalized spacial score (nSPS) is 15.3. The van der Waals surface area contributed by atoms with Gasteiger partial charge in [-0.25, -0.2) is 4.98 Å². The van der Waals surface area contributed by atoms with E-state index in [1.165, 1.54) is 23.3 Å². The Morgan fingerprint density at radius 1 is 1.28 bits per heavy atom. The lowest BCUT2D eigenvalue weighted by Gasteiger charge is -2.00. The molecule has 1 aromatic heterocycles. The summed E-state index contributed by atoms with van der Waals surface area (Å²) in [6, 6.07) is 8.82. The maximum absolute atomic E-state index is 4.02. The van der Waals surface area contributed by atoms with Gasteiger partial charge in [0.1, 0.15) is 0 Å². The van der Waals surface area contributed by atoms with Gasteiger partial charge in [-0.15, -0.1) is 11.8 Å². The summed E-state index contributed by atoms with van der Waals surface area (Å²) < 4.78 is 2.05. The van der Waals surface area contributed by atoms with E-state index in [1.54, 1.807) is 6.20 Å². The number of aromatic nitrogens is 2. The summed E-state index contributed by atoms with van der Waals surface area (Å²) in [7, 11) is 0. The number of allylic oxidation sites excluding steroid dienone is 1. The third kappa shape index (κ3) is 3.26. The van der Waals surface area contributed by atoms with Crippen molar-refractivity contribution in [2.75, 3.05) is 0 Å². The Bertz CT molecular complexity index is 510. The second-order valence-corrected chi connectivity index (χ2v) is 5.92. The molecule has 0 N–H and O–H groups in total. The van der Waals surface area contributed by atoms with Crippen LogP contribution in [-0.2, 0) is 6.54 Å². The summed E-state index contributed by atoms with van der Waals surface area (Å²) in [6.45, 7) is 0.874. The van der Waals surface area contributed by atoms with Crippen LogP contribution >= 0.6 is 11.8 Å². The molecule has 0 aliphatic heterocycles. The fourth-order valence-electron chi connectivity index (χ4n) is 1.74. The Hall–Kier alpha value is -1.48. The number of hydrogen-bond acceptors (Lipinski definition) is 2. The predicted molar refractivity (Wildman–Crippen MR) is 76.6 cm³/mol. The second-order valence-electron chi connectivity index (χ2n) is 4.55. The Labute approximate surface area is 112 Å². The molecule has 0 bridgehead atoms. The smallest absolute Gasteiger partial charge is 0.0948 e. The van der Waals surface area contributed by atoms with Gasteiger partial charge in [0, 0.05) is 29.1 Å². The average Bonchev–Trinajstić information content (AvgIpc) is 3.05. The zero-order chi connectivity index (χ0) is 12.2. The van der Waals surface area contributed by atoms with E-state index in [-0.39, 0.29) is 0 Å². The SMILES string of the molecule is C(=Cc1ccc(SC2CC2)cc1)Cn1ccnc1. The fourth-order valence-corrected chi connectivity index (χ4v) is 2.79. The van der Waals surface area contributed by atoms with Crippen molar-refractivity contribution in [3.05, 3.63) is 54.6 Å². The van der Waals surface area contributed by atoms with Crippen molar-refractivity contribution in [1.29, 1.82) is 0 Å². The van der Waals surface area contributed by atoms with Crippen LogP contribution in [0.4, 0.5) is 0 Å². The van der Waals surface area contributed by atoms with E-state index in [9.17, 15) is 0 Å². The van der Waals surface area contributed by atoms with Crippen molar-refractivity contribution < 1.29 is 0 Å². The summed E-state index contributed by atoms with van der Waals surface area (Å²) >= 11 is 2.00. The number of thioether (sulfide) groups is 1. The van der Waals surface area contributed by atoms with Crippen molar-refractivity contribution in [2.45, 2.75) is 29.5 Å². The zero-order valence-electron chi connectivity index (χ0n) is 10.2. The van der Waals surface area contributed by atoms with Gasteiger partial charge in [-0.05, 0) is 30.5 Å². The Balaban J connectivity index is 1.56. The van der Waals surface area contributed by atoms with Crippen LogP contribution in [0.15, 0.2) is 54.0 Å². The maximum Gasteiger partial charge on any atom is 0.0948 e. The molecule has 1 aliphatic rings. The van der Waals surface area contributed by atoms with Crippen LogP contribution in [0.3, 0.4) is 0 Å². The summed E-state index contributed by atoms with van der Waals surface area (Å²) in [4.78, 5) is 5.41. The summed E-state index contributed by atoms with van der Waals surface area (Å²) in [5, 5.41) is 0.882. The molecular weight excluding hydrogens is 240 g/mol. The van der Waals surface area contributed by atoms with E-state index in [2.05, 4.69) is 41.4 Å². The molecule has 3 rings (SSSR count). The minimum atomic E-state index is 0.874. The molecule has 0 atom stereocenters. The van der Waals surface area contributed by atoms with E-state index >= 15 is 0 Å². The van der Waals surface area contributed by atoms with Crippen molar-refractivity contribution in [3.63, 3.8) is 0 Å². The highest BCUT2D eigenvalue weighted by molar-refractivity contribution is 8.00. The van der Waals surface area contributed by atoms with Gasteiger partial charge in [0.05, 0.1) is 6.33 Å². The molecule has 1 heterocycles. The van der Waals surface area contributed by atoms with Gasteiger partial charge in [0.25, 0.3) is 0 Å². The van der Waals surface area contributed by atoms with E-state index in [1.807, 2.05) is 28.9 Å². The van der Waals surface area contributed by atoms with Crippen molar-refractivity contribution in [3.8, 4) is 0 Å². The Morgan fingerprint density at radius 3 is 2.78 bits per heavy atom. The first-order valence-electron chi connectivity index (χ1n) is 6.29. The molecule has 0 unspecified atom stereocenters. The van der Waals surface area contributed by atoms with E-state index < -0.39 is 0 Å². The van der Waals surface area contributed by atoms with Crippen LogP contribution in [0.5, 0.6) is 0 Å². The molecule has 2 nitrogen and oxygen atoms in total. The van der Waals surface area contributed by atoms with Crippen LogP contribution in [0.1, 0.15) is 18.4 Å². The predicted octanol–water partition coefficient (Wildman–Crippen LogP) is 3.85. The minimum absolute atomic E-state index is 0.874. The molecule has 18 heavy (non-hydrogen) atoms. The van der Waals surface area contributed by atoms with Crippen molar-refractivity contribution in [2.24, 2.45) is 0 Å². The van der Waals surface area contributed by atoms with Gasteiger partial charge in [0.15, 0.2) is 0 Å².